The van der Waals surface area contributed by atoms with Crippen molar-refractivity contribution < 1.29 is 9.59 Å². The molecule has 0 aliphatic carbocycles. The Morgan fingerprint density at radius 1 is 1.24 bits per heavy atom. The first-order valence-corrected chi connectivity index (χ1v) is 7.48. The van der Waals surface area contributed by atoms with Crippen LogP contribution in [-0.2, 0) is 9.59 Å². The SMILES string of the molecule is Cc1ccc(NCC(=O)NCC(=O)N2CCCC2)c(Cl)c1. The number of nitrogens with zero attached hydrogens (tertiary/aromatic N) is 1. The molecule has 0 bridgehead atoms. The molecule has 0 aromatic heterocycles. The van der Waals surface area contributed by atoms with E-state index in [0.29, 0.717) is 10.7 Å². The molecule has 1 aromatic carbocycles. The summed E-state index contributed by atoms with van der Waals surface area (Å²) in [6, 6.07) is 5.59. The Labute approximate surface area is 129 Å². The minimum absolute atomic E-state index is 0.0192. The summed E-state index contributed by atoms with van der Waals surface area (Å²) in [6.45, 7) is 3.70. The zero-order valence-electron chi connectivity index (χ0n) is 12.1. The largest absolute Gasteiger partial charge is 0.375 e. The summed E-state index contributed by atoms with van der Waals surface area (Å²) < 4.78 is 0. The number of likely N-dealkylation sites (tertiary alicyclic amines) is 1. The van der Waals surface area contributed by atoms with Crippen LogP contribution < -0.4 is 10.6 Å². The second-order valence-corrected chi connectivity index (χ2v) is 5.61. The predicted molar refractivity (Wildman–Crippen MR) is 83.5 cm³/mol. The molecule has 0 saturated carbocycles. The van der Waals surface area contributed by atoms with Gasteiger partial charge in [-0.25, -0.2) is 0 Å². The summed E-state index contributed by atoms with van der Waals surface area (Å²) in [5.74, 6) is -0.242. The van der Waals surface area contributed by atoms with Crippen molar-refractivity contribution in [2.24, 2.45) is 0 Å². The number of amides is 2. The van der Waals surface area contributed by atoms with Gasteiger partial charge in [-0.15, -0.1) is 0 Å². The highest BCUT2D eigenvalue weighted by molar-refractivity contribution is 6.33. The maximum Gasteiger partial charge on any atom is 0.241 e. The molecule has 1 aromatic rings. The molecule has 1 aliphatic rings. The average molecular weight is 310 g/mol. The van der Waals surface area contributed by atoms with E-state index in [1.807, 2.05) is 25.1 Å². The summed E-state index contributed by atoms with van der Waals surface area (Å²) in [7, 11) is 0. The molecular weight excluding hydrogens is 290 g/mol. The van der Waals surface area contributed by atoms with Crippen LogP contribution in [0.3, 0.4) is 0 Å². The number of hydrogen-bond acceptors (Lipinski definition) is 3. The molecule has 0 unspecified atom stereocenters. The number of aryl methyl sites for hydroxylation is 1. The van der Waals surface area contributed by atoms with Crippen molar-refractivity contribution in [3.05, 3.63) is 28.8 Å². The van der Waals surface area contributed by atoms with Crippen LogP contribution >= 0.6 is 11.6 Å². The van der Waals surface area contributed by atoms with Crippen molar-refractivity contribution >= 4 is 29.1 Å². The lowest BCUT2D eigenvalue weighted by Crippen LogP contribution is -2.40. The molecule has 21 heavy (non-hydrogen) atoms. The topological polar surface area (TPSA) is 61.4 Å². The van der Waals surface area contributed by atoms with Crippen molar-refractivity contribution in [3.63, 3.8) is 0 Å². The molecule has 6 heteroatoms. The maximum atomic E-state index is 11.8. The van der Waals surface area contributed by atoms with E-state index in [2.05, 4.69) is 10.6 Å². The quantitative estimate of drug-likeness (QED) is 0.872. The number of carbonyl (C=O) groups excluding carboxylic acids is 2. The molecular formula is C15H20ClN3O2. The summed E-state index contributed by atoms with van der Waals surface area (Å²) in [5.41, 5.74) is 1.77. The second kappa shape index (κ2) is 7.31. The maximum absolute atomic E-state index is 11.8. The molecule has 0 spiro atoms. The third-order valence-electron chi connectivity index (χ3n) is 3.46. The summed E-state index contributed by atoms with van der Waals surface area (Å²) in [5, 5.41) is 6.17. The molecule has 5 nitrogen and oxygen atoms in total. The van der Waals surface area contributed by atoms with Crippen LogP contribution in [0.25, 0.3) is 0 Å². The lowest BCUT2D eigenvalue weighted by molar-refractivity contribution is -0.131. The number of nitrogens with one attached hydrogen (secondary N) is 2. The van der Waals surface area contributed by atoms with Crippen molar-refractivity contribution in [3.8, 4) is 0 Å². The lowest BCUT2D eigenvalue weighted by atomic mass is 10.2. The van der Waals surface area contributed by atoms with Crippen LogP contribution in [0, 0.1) is 6.92 Å². The highest BCUT2D eigenvalue weighted by Gasteiger charge is 2.17. The van der Waals surface area contributed by atoms with E-state index in [9.17, 15) is 9.59 Å². The van der Waals surface area contributed by atoms with Crippen LogP contribution in [0.5, 0.6) is 0 Å². The van der Waals surface area contributed by atoms with Crippen LogP contribution in [0.15, 0.2) is 18.2 Å². The third kappa shape index (κ3) is 4.63. The van der Waals surface area contributed by atoms with Crippen LogP contribution in [-0.4, -0.2) is 42.9 Å². The molecule has 2 amide bonds. The van der Waals surface area contributed by atoms with Crippen molar-refractivity contribution in [2.45, 2.75) is 19.8 Å². The fraction of sp³-hybridized carbons (Fsp3) is 0.467. The predicted octanol–water partition coefficient (Wildman–Crippen LogP) is 1.80. The summed E-state index contributed by atoms with van der Waals surface area (Å²) in [4.78, 5) is 25.3. The normalized spacial score (nSPS) is 14.1. The fourth-order valence-corrected chi connectivity index (χ4v) is 2.56. The highest BCUT2D eigenvalue weighted by Crippen LogP contribution is 2.22. The minimum atomic E-state index is -0.223. The van der Waals surface area contributed by atoms with Gasteiger partial charge in [0, 0.05) is 13.1 Å². The highest BCUT2D eigenvalue weighted by atomic mass is 35.5. The van der Waals surface area contributed by atoms with Gasteiger partial charge in [0.15, 0.2) is 0 Å². The van der Waals surface area contributed by atoms with E-state index in [0.717, 1.165) is 31.5 Å². The smallest absolute Gasteiger partial charge is 0.241 e. The van der Waals surface area contributed by atoms with Gasteiger partial charge in [0.05, 0.1) is 23.8 Å². The lowest BCUT2D eigenvalue weighted by Gasteiger charge is -2.15. The first-order valence-electron chi connectivity index (χ1n) is 7.11. The van der Waals surface area contributed by atoms with E-state index in [1.165, 1.54) is 0 Å². The average Bonchev–Trinajstić information content (AvgIpc) is 2.98. The summed E-state index contributed by atoms with van der Waals surface area (Å²) >= 11 is 6.07. The van der Waals surface area contributed by atoms with Gasteiger partial charge in [0.25, 0.3) is 0 Å². The van der Waals surface area contributed by atoms with Gasteiger partial charge < -0.3 is 15.5 Å². The van der Waals surface area contributed by atoms with Crippen molar-refractivity contribution in [2.75, 3.05) is 31.5 Å². The Kier molecular flexibility index (Phi) is 5.44. The monoisotopic (exact) mass is 309 g/mol. The Hall–Kier alpha value is -1.75. The van der Waals surface area contributed by atoms with Crippen LogP contribution in [0.2, 0.25) is 5.02 Å². The van der Waals surface area contributed by atoms with Gasteiger partial charge in [-0.2, -0.15) is 0 Å². The Balaban J connectivity index is 1.73. The van der Waals surface area contributed by atoms with Gasteiger partial charge in [-0.05, 0) is 37.5 Å². The number of carbonyl (C=O) groups is 2. The number of anilines is 1. The molecule has 1 fully saturated rings. The zero-order chi connectivity index (χ0) is 15.2. The van der Waals surface area contributed by atoms with Crippen LogP contribution in [0.1, 0.15) is 18.4 Å². The van der Waals surface area contributed by atoms with E-state index < -0.39 is 0 Å². The summed E-state index contributed by atoms with van der Waals surface area (Å²) in [6.07, 6.45) is 2.10. The van der Waals surface area contributed by atoms with Crippen molar-refractivity contribution in [1.29, 1.82) is 0 Å². The molecule has 114 valence electrons. The standard InChI is InChI=1S/C15H20ClN3O2/c1-11-4-5-13(12(16)8-11)17-9-14(20)18-10-15(21)19-6-2-3-7-19/h4-5,8,17H,2-3,6-7,9-10H2,1H3,(H,18,20). The van der Waals surface area contributed by atoms with Gasteiger partial charge >= 0.3 is 0 Å². The number of hydrogen-bond donors (Lipinski definition) is 2. The number of rotatable bonds is 5. The molecule has 0 atom stereocenters. The molecule has 1 saturated heterocycles. The van der Waals surface area contributed by atoms with E-state index in [1.54, 1.807) is 4.90 Å². The van der Waals surface area contributed by atoms with Gasteiger partial charge in [0.1, 0.15) is 0 Å². The molecule has 1 aliphatic heterocycles. The second-order valence-electron chi connectivity index (χ2n) is 5.20. The molecule has 2 rings (SSSR count). The fourth-order valence-electron chi connectivity index (χ4n) is 2.25. The molecule has 1 heterocycles. The van der Waals surface area contributed by atoms with E-state index in [-0.39, 0.29) is 24.9 Å². The number of benzene rings is 1. The Bertz CT molecular complexity index is 528. The van der Waals surface area contributed by atoms with Gasteiger partial charge in [-0.1, -0.05) is 17.7 Å². The molecule has 0 radical (unpaired) electrons. The van der Waals surface area contributed by atoms with Gasteiger partial charge in [0.2, 0.25) is 11.8 Å². The van der Waals surface area contributed by atoms with E-state index >= 15 is 0 Å². The van der Waals surface area contributed by atoms with Crippen molar-refractivity contribution in [1.82, 2.24) is 10.2 Å². The zero-order valence-corrected chi connectivity index (χ0v) is 12.9. The van der Waals surface area contributed by atoms with E-state index in [4.69, 9.17) is 11.6 Å². The first kappa shape index (κ1) is 15.6. The molecule has 2 N–H and O–H groups in total. The van der Waals surface area contributed by atoms with Gasteiger partial charge in [-0.3, -0.25) is 9.59 Å². The third-order valence-corrected chi connectivity index (χ3v) is 3.77. The number of halogens is 1. The Morgan fingerprint density at radius 3 is 2.62 bits per heavy atom. The minimum Gasteiger partial charge on any atom is -0.375 e. The van der Waals surface area contributed by atoms with Crippen LogP contribution in [0.4, 0.5) is 5.69 Å². The first-order chi connectivity index (χ1) is 10.1. The Morgan fingerprint density at radius 2 is 1.95 bits per heavy atom.